The standard InChI is InChI=1S/C26H32N6O6/c1-16-22(28-29-32(16)13-19-8-5-4-6-9-19)24(36)31-11-7-10-26(31)15-30(25(26)37)14-20(34)12-21(23(27)35)17(2)38-18(3)33/h4-6,8-9,17,21H,7,10-15H2,1-3H3,(H2,27,35)/t17-,21+,26?/m0/s1. The van der Waals surface area contributed by atoms with Gasteiger partial charge in [-0.15, -0.1) is 5.10 Å². The van der Waals surface area contributed by atoms with Gasteiger partial charge in [0.2, 0.25) is 5.91 Å². The molecule has 1 aromatic heterocycles. The summed E-state index contributed by atoms with van der Waals surface area (Å²) in [7, 11) is 0. The molecule has 0 radical (unpaired) electrons. The number of primary amides is 1. The maximum absolute atomic E-state index is 13.5. The number of carbonyl (C=O) groups excluding carboxylic acids is 5. The van der Waals surface area contributed by atoms with Gasteiger partial charge in [-0.1, -0.05) is 35.5 Å². The number of esters is 1. The molecule has 12 nitrogen and oxygen atoms in total. The summed E-state index contributed by atoms with van der Waals surface area (Å²) in [6, 6.07) is 9.70. The summed E-state index contributed by atoms with van der Waals surface area (Å²) < 4.78 is 6.67. The molecule has 0 aliphatic carbocycles. The number of hydrogen-bond donors (Lipinski definition) is 1. The van der Waals surface area contributed by atoms with E-state index in [1.165, 1.54) is 18.7 Å². The highest BCUT2D eigenvalue weighted by Gasteiger charge is 2.60. The van der Waals surface area contributed by atoms with Crippen LogP contribution < -0.4 is 5.73 Å². The van der Waals surface area contributed by atoms with Crippen molar-refractivity contribution in [2.45, 2.75) is 58.2 Å². The zero-order valence-corrected chi connectivity index (χ0v) is 21.8. The molecule has 2 aromatic rings. The Kier molecular flexibility index (Phi) is 7.61. The van der Waals surface area contributed by atoms with E-state index in [1.807, 2.05) is 30.3 Å². The summed E-state index contributed by atoms with van der Waals surface area (Å²) >= 11 is 0. The fourth-order valence-electron chi connectivity index (χ4n) is 5.30. The van der Waals surface area contributed by atoms with Gasteiger partial charge in [-0.3, -0.25) is 24.0 Å². The zero-order valence-electron chi connectivity index (χ0n) is 21.8. The molecule has 2 fully saturated rings. The molecular weight excluding hydrogens is 492 g/mol. The van der Waals surface area contributed by atoms with Crippen LogP contribution in [-0.2, 0) is 30.5 Å². The van der Waals surface area contributed by atoms with E-state index in [9.17, 15) is 24.0 Å². The van der Waals surface area contributed by atoms with Crippen molar-refractivity contribution < 1.29 is 28.7 Å². The van der Waals surface area contributed by atoms with Gasteiger partial charge in [0.25, 0.3) is 11.8 Å². The largest absolute Gasteiger partial charge is 0.462 e. The number of Topliss-reactive ketones (excluding diaryl/α,β-unsaturated/α-hetero) is 1. The first kappa shape index (κ1) is 27.0. The van der Waals surface area contributed by atoms with Crippen molar-refractivity contribution in [3.8, 4) is 0 Å². The van der Waals surface area contributed by atoms with Crippen LogP contribution in [0.2, 0.25) is 0 Å². The Balaban J connectivity index is 1.40. The molecule has 38 heavy (non-hydrogen) atoms. The Hall–Kier alpha value is -4.09. The molecule has 0 saturated carbocycles. The smallest absolute Gasteiger partial charge is 0.302 e. The van der Waals surface area contributed by atoms with E-state index in [1.54, 1.807) is 16.5 Å². The van der Waals surface area contributed by atoms with Gasteiger partial charge in [0.15, 0.2) is 11.5 Å². The lowest BCUT2D eigenvalue weighted by atomic mass is 9.84. The average Bonchev–Trinajstić information content (AvgIpc) is 3.47. The van der Waals surface area contributed by atoms with Crippen LogP contribution in [0.25, 0.3) is 0 Å². The van der Waals surface area contributed by atoms with Crippen molar-refractivity contribution in [1.82, 2.24) is 24.8 Å². The summed E-state index contributed by atoms with van der Waals surface area (Å²) in [5.74, 6) is -3.40. The molecule has 3 amide bonds. The quantitative estimate of drug-likeness (QED) is 0.347. The Labute approximate surface area is 220 Å². The van der Waals surface area contributed by atoms with Crippen molar-refractivity contribution >= 4 is 29.5 Å². The molecule has 12 heteroatoms. The first-order valence-corrected chi connectivity index (χ1v) is 12.6. The van der Waals surface area contributed by atoms with Crippen LogP contribution in [0.3, 0.4) is 0 Å². The minimum Gasteiger partial charge on any atom is -0.462 e. The number of aromatic nitrogens is 3. The molecule has 1 aromatic carbocycles. The van der Waals surface area contributed by atoms with Crippen molar-refractivity contribution in [2.75, 3.05) is 19.6 Å². The molecule has 2 aliphatic rings. The maximum atomic E-state index is 13.5. The molecule has 0 bridgehead atoms. The van der Waals surface area contributed by atoms with Gasteiger partial charge in [-0.2, -0.15) is 0 Å². The Morgan fingerprint density at radius 3 is 2.53 bits per heavy atom. The van der Waals surface area contributed by atoms with Gasteiger partial charge in [0, 0.05) is 19.9 Å². The van der Waals surface area contributed by atoms with Crippen LogP contribution in [0.5, 0.6) is 0 Å². The molecule has 3 heterocycles. The zero-order chi connectivity index (χ0) is 27.6. The predicted octanol–water partition coefficient (Wildman–Crippen LogP) is 0.464. The number of benzene rings is 1. The number of hydrogen-bond acceptors (Lipinski definition) is 8. The summed E-state index contributed by atoms with van der Waals surface area (Å²) in [6.45, 7) is 5.34. The molecule has 3 atom stereocenters. The van der Waals surface area contributed by atoms with Crippen LogP contribution in [0.15, 0.2) is 30.3 Å². The Morgan fingerprint density at radius 2 is 1.89 bits per heavy atom. The molecular formula is C26H32N6O6. The normalized spacial score (nSPS) is 20.2. The third kappa shape index (κ3) is 5.15. The molecule has 1 unspecified atom stereocenters. The topological polar surface area (TPSA) is 158 Å². The Bertz CT molecular complexity index is 1260. The second-order valence-electron chi connectivity index (χ2n) is 9.99. The molecule has 202 valence electrons. The van der Waals surface area contributed by atoms with E-state index in [4.69, 9.17) is 10.5 Å². The summed E-state index contributed by atoms with van der Waals surface area (Å²) in [6.07, 6.45) is 0.0220. The summed E-state index contributed by atoms with van der Waals surface area (Å²) in [4.78, 5) is 65.4. The molecule has 2 aliphatic heterocycles. The number of β-lactam (4-membered cyclic amide) rings is 1. The third-order valence-electron chi connectivity index (χ3n) is 7.33. The molecule has 2 N–H and O–H groups in total. The molecule has 4 rings (SSSR count). The van der Waals surface area contributed by atoms with E-state index >= 15 is 0 Å². The van der Waals surface area contributed by atoms with Gasteiger partial charge in [-0.25, -0.2) is 4.68 Å². The lowest BCUT2D eigenvalue weighted by Crippen LogP contribution is -2.73. The maximum Gasteiger partial charge on any atom is 0.302 e. The van der Waals surface area contributed by atoms with E-state index in [2.05, 4.69) is 10.3 Å². The number of ketones is 1. The van der Waals surface area contributed by atoms with Gasteiger partial charge in [0.05, 0.1) is 31.2 Å². The minimum atomic E-state index is -1.01. The van der Waals surface area contributed by atoms with Crippen LogP contribution in [-0.4, -0.2) is 85.5 Å². The van der Waals surface area contributed by atoms with E-state index in [0.717, 1.165) is 5.56 Å². The van der Waals surface area contributed by atoms with Gasteiger partial charge >= 0.3 is 5.97 Å². The lowest BCUT2D eigenvalue weighted by Gasteiger charge is -2.50. The Morgan fingerprint density at radius 1 is 1.18 bits per heavy atom. The minimum absolute atomic E-state index is 0.202. The van der Waals surface area contributed by atoms with Crippen molar-refractivity contribution in [3.05, 3.63) is 47.3 Å². The SMILES string of the molecule is CC(=O)O[C@@H](C)[C@@H](CC(=O)CN1CC2(CCCN2C(=O)c2nnn(Cc3ccccc3)c2C)C1=O)C(N)=O. The molecule has 2 saturated heterocycles. The van der Waals surface area contributed by atoms with Gasteiger partial charge < -0.3 is 20.3 Å². The number of carbonyl (C=O) groups is 5. The number of rotatable bonds is 10. The number of ether oxygens (including phenoxy) is 1. The van der Waals surface area contributed by atoms with Crippen molar-refractivity contribution in [1.29, 1.82) is 0 Å². The van der Waals surface area contributed by atoms with Crippen molar-refractivity contribution in [2.24, 2.45) is 11.7 Å². The number of amides is 3. The van der Waals surface area contributed by atoms with E-state index in [-0.39, 0.29) is 42.8 Å². The van der Waals surface area contributed by atoms with Gasteiger partial charge in [0.1, 0.15) is 11.6 Å². The fraction of sp³-hybridized carbons (Fsp3) is 0.500. The highest BCUT2D eigenvalue weighted by atomic mass is 16.5. The fourth-order valence-corrected chi connectivity index (χ4v) is 5.30. The highest BCUT2D eigenvalue weighted by Crippen LogP contribution is 2.40. The number of nitrogens with two attached hydrogens (primary N) is 1. The lowest BCUT2D eigenvalue weighted by molar-refractivity contribution is -0.161. The third-order valence-corrected chi connectivity index (χ3v) is 7.33. The number of nitrogens with zero attached hydrogens (tertiary/aromatic N) is 5. The van der Waals surface area contributed by atoms with E-state index < -0.39 is 29.4 Å². The second-order valence-corrected chi connectivity index (χ2v) is 9.99. The summed E-state index contributed by atoms with van der Waals surface area (Å²) in [5.41, 5.74) is 6.22. The van der Waals surface area contributed by atoms with Crippen molar-refractivity contribution in [3.63, 3.8) is 0 Å². The second kappa shape index (κ2) is 10.7. The van der Waals surface area contributed by atoms with Crippen LogP contribution >= 0.6 is 0 Å². The van der Waals surface area contributed by atoms with E-state index in [0.29, 0.717) is 31.6 Å². The highest BCUT2D eigenvalue weighted by molar-refractivity contribution is 6.03. The summed E-state index contributed by atoms with van der Waals surface area (Å²) in [5, 5.41) is 8.27. The monoisotopic (exact) mass is 524 g/mol. The van der Waals surface area contributed by atoms with Gasteiger partial charge in [-0.05, 0) is 32.3 Å². The first-order chi connectivity index (χ1) is 18.0. The van der Waals surface area contributed by atoms with Crippen LogP contribution in [0.1, 0.15) is 54.9 Å². The van der Waals surface area contributed by atoms with Crippen LogP contribution in [0, 0.1) is 12.8 Å². The number of likely N-dealkylation sites (tertiary alicyclic amines) is 2. The van der Waals surface area contributed by atoms with Crippen LogP contribution in [0.4, 0.5) is 0 Å². The molecule has 1 spiro atoms. The predicted molar refractivity (Wildman–Crippen MR) is 133 cm³/mol. The first-order valence-electron chi connectivity index (χ1n) is 12.6. The average molecular weight is 525 g/mol.